The van der Waals surface area contributed by atoms with Crippen LogP contribution < -0.4 is 24.4 Å². The molecule has 1 heterocycles. The zero-order chi connectivity index (χ0) is 22.8. The van der Waals surface area contributed by atoms with Gasteiger partial charge in [-0.1, -0.05) is 18.2 Å². The van der Waals surface area contributed by atoms with Gasteiger partial charge in [-0.25, -0.2) is 4.90 Å². The van der Waals surface area contributed by atoms with Crippen molar-refractivity contribution in [3.63, 3.8) is 0 Å². The van der Waals surface area contributed by atoms with Gasteiger partial charge < -0.3 is 19.5 Å². The normalized spacial score (nSPS) is 12.4. The first-order chi connectivity index (χ1) is 15.5. The number of carbonyl (C=O) groups is 3. The summed E-state index contributed by atoms with van der Waals surface area (Å²) in [5.41, 5.74) is 1.69. The highest BCUT2D eigenvalue weighted by Gasteiger charge is 2.36. The Kier molecular flexibility index (Phi) is 5.51. The van der Waals surface area contributed by atoms with E-state index in [1.165, 1.54) is 21.3 Å². The molecule has 0 aliphatic carbocycles. The maximum absolute atomic E-state index is 13.0. The molecule has 0 spiro atoms. The number of ether oxygens (including phenoxy) is 3. The second kappa shape index (κ2) is 8.43. The second-order valence-corrected chi connectivity index (χ2v) is 6.88. The Bertz CT molecular complexity index is 1200. The molecule has 3 aromatic rings. The molecule has 1 aliphatic heterocycles. The Morgan fingerprint density at radius 3 is 2.03 bits per heavy atom. The molecule has 32 heavy (non-hydrogen) atoms. The standard InChI is InChI=1S/C24H20N2O6/c1-30-19-12-11-18(20(31-2)21(19)32-3)22(27)25-14-7-6-8-15(13-14)26-23(28)16-9-4-5-10-17(16)24(26)29/h4-13H,1-3H3,(H,25,27). The summed E-state index contributed by atoms with van der Waals surface area (Å²) in [4.78, 5) is 39.6. The molecule has 3 aromatic carbocycles. The summed E-state index contributed by atoms with van der Waals surface area (Å²) in [6.45, 7) is 0. The van der Waals surface area contributed by atoms with Crippen molar-refractivity contribution in [1.82, 2.24) is 0 Å². The summed E-state index contributed by atoms with van der Waals surface area (Å²) in [7, 11) is 4.37. The Morgan fingerprint density at radius 2 is 1.44 bits per heavy atom. The van der Waals surface area contributed by atoms with E-state index in [1.54, 1.807) is 60.7 Å². The Labute approximate surface area is 184 Å². The lowest BCUT2D eigenvalue weighted by molar-refractivity contribution is 0.0925. The predicted octanol–water partition coefficient (Wildman–Crippen LogP) is 3.77. The first-order valence-electron chi connectivity index (χ1n) is 9.68. The number of nitrogens with zero attached hydrogens (tertiary/aromatic N) is 1. The number of methoxy groups -OCH3 is 3. The summed E-state index contributed by atoms with van der Waals surface area (Å²) in [6, 6.07) is 16.3. The van der Waals surface area contributed by atoms with Gasteiger partial charge in [0.05, 0.1) is 43.7 Å². The van der Waals surface area contributed by atoms with Gasteiger partial charge in [-0.3, -0.25) is 14.4 Å². The van der Waals surface area contributed by atoms with Crippen LogP contribution in [0.5, 0.6) is 17.2 Å². The van der Waals surface area contributed by atoms with E-state index in [1.807, 2.05) is 0 Å². The molecule has 0 fully saturated rings. The highest BCUT2D eigenvalue weighted by atomic mass is 16.5. The molecule has 162 valence electrons. The highest BCUT2D eigenvalue weighted by Crippen LogP contribution is 2.40. The van der Waals surface area contributed by atoms with Crippen LogP contribution in [0.4, 0.5) is 11.4 Å². The zero-order valence-corrected chi connectivity index (χ0v) is 17.7. The number of carbonyl (C=O) groups excluding carboxylic acids is 3. The minimum absolute atomic E-state index is 0.223. The molecule has 8 heteroatoms. The van der Waals surface area contributed by atoms with Gasteiger partial charge in [0.2, 0.25) is 5.75 Å². The van der Waals surface area contributed by atoms with E-state index in [-0.39, 0.29) is 11.3 Å². The lowest BCUT2D eigenvalue weighted by atomic mass is 10.1. The van der Waals surface area contributed by atoms with Gasteiger partial charge in [0.25, 0.3) is 17.7 Å². The van der Waals surface area contributed by atoms with Crippen molar-refractivity contribution in [1.29, 1.82) is 0 Å². The van der Waals surface area contributed by atoms with Crippen LogP contribution in [0.1, 0.15) is 31.1 Å². The SMILES string of the molecule is COc1ccc(C(=O)Nc2cccc(N3C(=O)c4ccccc4C3=O)c2)c(OC)c1OC. The van der Waals surface area contributed by atoms with Crippen molar-refractivity contribution in [2.45, 2.75) is 0 Å². The molecule has 8 nitrogen and oxygen atoms in total. The fourth-order valence-corrected chi connectivity index (χ4v) is 3.63. The fraction of sp³-hybridized carbons (Fsp3) is 0.125. The molecule has 4 rings (SSSR count). The number of amides is 3. The highest BCUT2D eigenvalue weighted by molar-refractivity contribution is 6.34. The van der Waals surface area contributed by atoms with Gasteiger partial charge >= 0.3 is 0 Å². The number of hydrogen-bond acceptors (Lipinski definition) is 6. The number of hydrogen-bond donors (Lipinski definition) is 1. The van der Waals surface area contributed by atoms with Gasteiger partial charge in [0, 0.05) is 5.69 Å². The number of imide groups is 1. The number of benzene rings is 3. The maximum atomic E-state index is 13.0. The maximum Gasteiger partial charge on any atom is 0.266 e. The van der Waals surface area contributed by atoms with Crippen molar-refractivity contribution in [3.05, 3.63) is 77.4 Å². The smallest absolute Gasteiger partial charge is 0.266 e. The topological polar surface area (TPSA) is 94.2 Å². The van der Waals surface area contributed by atoms with E-state index in [2.05, 4.69) is 5.32 Å². The lowest BCUT2D eigenvalue weighted by Crippen LogP contribution is -2.29. The van der Waals surface area contributed by atoms with Crippen LogP contribution in [-0.4, -0.2) is 39.1 Å². The minimum atomic E-state index is -0.456. The summed E-state index contributed by atoms with van der Waals surface area (Å²) < 4.78 is 15.9. The molecule has 0 aromatic heterocycles. The monoisotopic (exact) mass is 432 g/mol. The Balaban J connectivity index is 1.63. The van der Waals surface area contributed by atoms with Crippen LogP contribution >= 0.6 is 0 Å². The van der Waals surface area contributed by atoms with Crippen LogP contribution in [0.3, 0.4) is 0 Å². The summed E-state index contributed by atoms with van der Waals surface area (Å²) in [5.74, 6) is -0.328. The van der Waals surface area contributed by atoms with Crippen LogP contribution in [0, 0.1) is 0 Å². The third-order valence-corrected chi connectivity index (χ3v) is 5.11. The van der Waals surface area contributed by atoms with E-state index in [9.17, 15) is 14.4 Å². The fourth-order valence-electron chi connectivity index (χ4n) is 3.63. The van der Waals surface area contributed by atoms with E-state index in [0.29, 0.717) is 34.0 Å². The molecule has 0 unspecified atom stereocenters. The first-order valence-corrected chi connectivity index (χ1v) is 9.68. The molecule has 1 aliphatic rings. The number of nitrogens with one attached hydrogen (secondary N) is 1. The molecule has 0 saturated carbocycles. The molecule has 0 atom stereocenters. The van der Waals surface area contributed by atoms with Crippen molar-refractivity contribution in [2.24, 2.45) is 0 Å². The summed E-state index contributed by atoms with van der Waals surface area (Å²) in [6.07, 6.45) is 0. The van der Waals surface area contributed by atoms with Crippen molar-refractivity contribution < 1.29 is 28.6 Å². The van der Waals surface area contributed by atoms with Crippen LogP contribution in [0.25, 0.3) is 0 Å². The zero-order valence-electron chi connectivity index (χ0n) is 17.7. The molecule has 1 N–H and O–H groups in total. The van der Waals surface area contributed by atoms with Gasteiger partial charge in [-0.2, -0.15) is 0 Å². The largest absolute Gasteiger partial charge is 0.493 e. The van der Waals surface area contributed by atoms with E-state index < -0.39 is 17.7 Å². The third-order valence-electron chi connectivity index (χ3n) is 5.11. The van der Waals surface area contributed by atoms with Crippen molar-refractivity contribution in [3.8, 4) is 17.2 Å². The van der Waals surface area contributed by atoms with Crippen LogP contribution in [0.15, 0.2) is 60.7 Å². The van der Waals surface area contributed by atoms with Crippen molar-refractivity contribution in [2.75, 3.05) is 31.5 Å². The van der Waals surface area contributed by atoms with Gasteiger partial charge in [-0.05, 0) is 42.5 Å². The third kappa shape index (κ3) is 3.41. The van der Waals surface area contributed by atoms with Crippen molar-refractivity contribution >= 4 is 29.1 Å². The van der Waals surface area contributed by atoms with Gasteiger partial charge in [0.15, 0.2) is 11.5 Å². The predicted molar refractivity (Wildman–Crippen MR) is 118 cm³/mol. The molecule has 0 saturated heterocycles. The lowest BCUT2D eigenvalue weighted by Gasteiger charge is -2.17. The Morgan fingerprint density at radius 1 is 0.781 bits per heavy atom. The average molecular weight is 432 g/mol. The van der Waals surface area contributed by atoms with Crippen LogP contribution in [-0.2, 0) is 0 Å². The molecule has 0 bridgehead atoms. The number of fused-ring (bicyclic) bond motifs is 1. The Hall–Kier alpha value is -4.33. The molecular formula is C24H20N2O6. The average Bonchev–Trinajstić information content (AvgIpc) is 3.08. The quantitative estimate of drug-likeness (QED) is 0.596. The van der Waals surface area contributed by atoms with Gasteiger partial charge in [0.1, 0.15) is 0 Å². The summed E-state index contributed by atoms with van der Waals surface area (Å²) >= 11 is 0. The van der Waals surface area contributed by atoms with E-state index >= 15 is 0 Å². The minimum Gasteiger partial charge on any atom is -0.493 e. The number of anilines is 2. The van der Waals surface area contributed by atoms with E-state index in [4.69, 9.17) is 14.2 Å². The van der Waals surface area contributed by atoms with E-state index in [0.717, 1.165) is 4.90 Å². The number of rotatable bonds is 6. The molecule has 0 radical (unpaired) electrons. The summed E-state index contributed by atoms with van der Waals surface area (Å²) in [5, 5.41) is 2.77. The molecule has 3 amide bonds. The second-order valence-electron chi connectivity index (χ2n) is 6.88. The van der Waals surface area contributed by atoms with Crippen LogP contribution in [0.2, 0.25) is 0 Å². The molecular weight excluding hydrogens is 412 g/mol. The van der Waals surface area contributed by atoms with Gasteiger partial charge in [-0.15, -0.1) is 0 Å². The first kappa shape index (κ1) is 20.9.